The molecule has 0 radical (unpaired) electrons. The Labute approximate surface area is 121 Å². The Hall–Kier alpha value is -1.64. The first-order valence-electron chi connectivity index (χ1n) is 5.90. The Morgan fingerprint density at radius 1 is 1.37 bits per heavy atom. The molecule has 0 unspecified atom stereocenters. The van der Waals surface area contributed by atoms with Crippen molar-refractivity contribution < 1.29 is 0 Å². The van der Waals surface area contributed by atoms with E-state index in [4.69, 9.17) is 11.0 Å². The number of nitrogens with two attached hydrogens (primary N) is 1. The van der Waals surface area contributed by atoms with E-state index in [2.05, 4.69) is 23.5 Å². The molecule has 0 bridgehead atoms. The summed E-state index contributed by atoms with van der Waals surface area (Å²) in [5.74, 6) is 0. The number of nitrogens with zero attached hydrogens (tertiary/aromatic N) is 1. The minimum absolute atomic E-state index is 0.589. The van der Waals surface area contributed by atoms with Crippen molar-refractivity contribution >= 4 is 33.8 Å². The highest BCUT2D eigenvalue weighted by Crippen LogP contribution is 2.41. The predicted octanol–water partition coefficient (Wildman–Crippen LogP) is 3.58. The number of rotatable bonds is 5. The number of nitriles is 1. The van der Waals surface area contributed by atoms with Gasteiger partial charge in [-0.3, -0.25) is 0 Å². The molecule has 0 aliphatic carbocycles. The highest BCUT2D eigenvalue weighted by molar-refractivity contribution is 7.99. The lowest BCUT2D eigenvalue weighted by Gasteiger charge is -2.06. The van der Waals surface area contributed by atoms with Crippen LogP contribution in [0.25, 0.3) is 0 Å². The van der Waals surface area contributed by atoms with E-state index >= 15 is 0 Å². The molecule has 1 aromatic carbocycles. The van der Waals surface area contributed by atoms with Crippen LogP contribution in [0.4, 0.5) is 10.7 Å². The topological polar surface area (TPSA) is 61.8 Å². The second kappa shape index (κ2) is 6.50. The average molecular weight is 289 g/mol. The van der Waals surface area contributed by atoms with Crippen LogP contribution >= 0.6 is 23.1 Å². The van der Waals surface area contributed by atoms with E-state index in [0.29, 0.717) is 10.6 Å². The molecule has 2 rings (SSSR count). The number of anilines is 2. The van der Waals surface area contributed by atoms with Gasteiger partial charge in [-0.2, -0.15) is 5.26 Å². The van der Waals surface area contributed by atoms with Crippen LogP contribution in [-0.2, 0) is 6.42 Å². The standard InChI is InChI=1S/C14H15N3S2/c1-18-13-12(16)11(9-15)19-14(13)17-8-7-10-5-3-2-4-6-10/h2-6,17H,7-8,16H2,1H3. The molecule has 1 aromatic heterocycles. The van der Waals surface area contributed by atoms with Crippen molar-refractivity contribution in [2.24, 2.45) is 0 Å². The van der Waals surface area contributed by atoms with Crippen LogP contribution in [0.2, 0.25) is 0 Å². The Morgan fingerprint density at radius 3 is 2.74 bits per heavy atom. The molecule has 0 spiro atoms. The van der Waals surface area contributed by atoms with Crippen LogP contribution < -0.4 is 11.1 Å². The van der Waals surface area contributed by atoms with Crippen LogP contribution in [-0.4, -0.2) is 12.8 Å². The zero-order valence-electron chi connectivity index (χ0n) is 10.6. The molecule has 0 saturated carbocycles. The minimum atomic E-state index is 0.589. The summed E-state index contributed by atoms with van der Waals surface area (Å²) >= 11 is 3.00. The van der Waals surface area contributed by atoms with Crippen LogP contribution in [0.1, 0.15) is 10.4 Å². The Balaban J connectivity index is 2.02. The molecule has 98 valence electrons. The third-order valence-electron chi connectivity index (χ3n) is 2.75. The van der Waals surface area contributed by atoms with Crippen molar-refractivity contribution in [2.75, 3.05) is 23.9 Å². The van der Waals surface area contributed by atoms with E-state index < -0.39 is 0 Å². The number of benzene rings is 1. The molecule has 1 heterocycles. The number of hydrogen-bond acceptors (Lipinski definition) is 5. The summed E-state index contributed by atoms with van der Waals surface area (Å²) in [5, 5.41) is 13.4. The smallest absolute Gasteiger partial charge is 0.131 e. The zero-order chi connectivity index (χ0) is 13.7. The first-order chi connectivity index (χ1) is 9.26. The molecular weight excluding hydrogens is 274 g/mol. The van der Waals surface area contributed by atoms with Gasteiger partial charge in [-0.25, -0.2) is 0 Å². The number of thiophene rings is 1. The fourth-order valence-corrected chi connectivity index (χ4v) is 3.65. The third kappa shape index (κ3) is 3.22. The van der Waals surface area contributed by atoms with Crippen molar-refractivity contribution in [1.29, 1.82) is 5.26 Å². The van der Waals surface area contributed by atoms with Gasteiger partial charge in [0.15, 0.2) is 0 Å². The molecule has 3 N–H and O–H groups in total. The van der Waals surface area contributed by atoms with Gasteiger partial charge in [-0.05, 0) is 18.2 Å². The number of nitrogens with one attached hydrogen (secondary N) is 1. The molecule has 0 atom stereocenters. The van der Waals surface area contributed by atoms with Crippen molar-refractivity contribution in [3.63, 3.8) is 0 Å². The summed E-state index contributed by atoms with van der Waals surface area (Å²) in [6.07, 6.45) is 2.93. The van der Waals surface area contributed by atoms with Crippen molar-refractivity contribution in [3.8, 4) is 6.07 Å². The SMILES string of the molecule is CSc1c(NCCc2ccccc2)sc(C#N)c1N. The van der Waals surface area contributed by atoms with Crippen LogP contribution in [0.5, 0.6) is 0 Å². The normalized spacial score (nSPS) is 10.1. The molecule has 0 aliphatic heterocycles. The van der Waals surface area contributed by atoms with Gasteiger partial charge in [0.1, 0.15) is 15.9 Å². The van der Waals surface area contributed by atoms with Gasteiger partial charge < -0.3 is 11.1 Å². The fourth-order valence-electron chi connectivity index (χ4n) is 1.80. The second-order valence-electron chi connectivity index (χ2n) is 3.98. The lowest BCUT2D eigenvalue weighted by atomic mass is 10.1. The summed E-state index contributed by atoms with van der Waals surface area (Å²) in [4.78, 5) is 1.57. The predicted molar refractivity (Wildman–Crippen MR) is 83.9 cm³/mol. The highest BCUT2D eigenvalue weighted by Gasteiger charge is 2.14. The molecular formula is C14H15N3S2. The largest absolute Gasteiger partial charge is 0.396 e. The third-order valence-corrected chi connectivity index (χ3v) is 4.78. The fraction of sp³-hybridized carbons (Fsp3) is 0.214. The molecule has 19 heavy (non-hydrogen) atoms. The quantitative estimate of drug-likeness (QED) is 0.826. The van der Waals surface area contributed by atoms with Gasteiger partial charge in [0, 0.05) is 6.54 Å². The monoisotopic (exact) mass is 289 g/mol. The minimum Gasteiger partial charge on any atom is -0.396 e. The zero-order valence-corrected chi connectivity index (χ0v) is 12.3. The number of thioether (sulfide) groups is 1. The first kappa shape index (κ1) is 13.8. The molecule has 0 amide bonds. The lowest BCUT2D eigenvalue weighted by molar-refractivity contribution is 1.02. The van der Waals surface area contributed by atoms with Crippen LogP contribution in [0.3, 0.4) is 0 Å². The summed E-state index contributed by atoms with van der Waals surface area (Å²) in [6.45, 7) is 0.836. The maximum atomic E-state index is 9.00. The summed E-state index contributed by atoms with van der Waals surface area (Å²) in [7, 11) is 0. The van der Waals surface area contributed by atoms with Gasteiger partial charge in [-0.15, -0.1) is 23.1 Å². The average Bonchev–Trinajstić information content (AvgIpc) is 2.75. The highest BCUT2D eigenvalue weighted by atomic mass is 32.2. The number of nitrogen functional groups attached to an aromatic ring is 1. The molecule has 0 saturated heterocycles. The Bertz CT molecular complexity index is 585. The first-order valence-corrected chi connectivity index (χ1v) is 7.94. The van der Waals surface area contributed by atoms with Gasteiger partial charge >= 0.3 is 0 Å². The van der Waals surface area contributed by atoms with Gasteiger partial charge in [0.05, 0.1) is 10.6 Å². The Morgan fingerprint density at radius 2 is 2.11 bits per heavy atom. The maximum absolute atomic E-state index is 9.00. The van der Waals surface area contributed by atoms with E-state index in [-0.39, 0.29) is 0 Å². The van der Waals surface area contributed by atoms with Crippen LogP contribution in [0.15, 0.2) is 35.2 Å². The van der Waals surface area contributed by atoms with Crippen molar-refractivity contribution in [1.82, 2.24) is 0 Å². The number of hydrogen-bond donors (Lipinski definition) is 2. The summed E-state index contributed by atoms with van der Waals surface area (Å²) in [6, 6.07) is 12.5. The van der Waals surface area contributed by atoms with E-state index in [1.165, 1.54) is 16.9 Å². The van der Waals surface area contributed by atoms with Crippen molar-refractivity contribution in [3.05, 3.63) is 40.8 Å². The molecule has 0 fully saturated rings. The van der Waals surface area contributed by atoms with Gasteiger partial charge in [0.25, 0.3) is 0 Å². The summed E-state index contributed by atoms with van der Waals surface area (Å²) < 4.78 is 0. The van der Waals surface area contributed by atoms with Gasteiger partial charge in [-0.1, -0.05) is 30.3 Å². The maximum Gasteiger partial charge on any atom is 0.131 e. The molecule has 5 heteroatoms. The lowest BCUT2D eigenvalue weighted by Crippen LogP contribution is -2.04. The molecule has 0 aliphatic rings. The van der Waals surface area contributed by atoms with E-state index in [0.717, 1.165) is 22.9 Å². The molecule has 2 aromatic rings. The van der Waals surface area contributed by atoms with E-state index in [1.54, 1.807) is 11.8 Å². The van der Waals surface area contributed by atoms with Crippen molar-refractivity contribution in [2.45, 2.75) is 11.3 Å². The summed E-state index contributed by atoms with van der Waals surface area (Å²) in [5.41, 5.74) is 7.83. The molecule has 3 nitrogen and oxygen atoms in total. The van der Waals surface area contributed by atoms with E-state index in [9.17, 15) is 0 Å². The van der Waals surface area contributed by atoms with E-state index in [1.807, 2.05) is 24.5 Å². The van der Waals surface area contributed by atoms with Gasteiger partial charge in [0.2, 0.25) is 0 Å². The van der Waals surface area contributed by atoms with Crippen LogP contribution in [0, 0.1) is 11.3 Å². The second-order valence-corrected chi connectivity index (χ2v) is 5.82. The Kier molecular flexibility index (Phi) is 4.72.